The number of halogens is 4. The van der Waals surface area contributed by atoms with Gasteiger partial charge in [0, 0.05) is 10.7 Å². The van der Waals surface area contributed by atoms with Gasteiger partial charge in [0.15, 0.2) is 0 Å². The zero-order valence-electron chi connectivity index (χ0n) is 9.75. The molecule has 0 aliphatic rings. The van der Waals surface area contributed by atoms with Crippen LogP contribution in [0.2, 0.25) is 5.02 Å². The van der Waals surface area contributed by atoms with Crippen molar-refractivity contribution < 1.29 is 17.8 Å². The predicted octanol–water partition coefficient (Wildman–Crippen LogP) is 3.66. The summed E-state index contributed by atoms with van der Waals surface area (Å²) in [6, 6.07) is 3.25. The van der Waals surface area contributed by atoms with Gasteiger partial charge >= 0.3 is 6.18 Å². The molecule has 0 saturated heterocycles. The molecule has 2 rings (SSSR count). The molecule has 0 bridgehead atoms. The van der Waals surface area contributed by atoms with E-state index in [1.807, 2.05) is 0 Å². The van der Waals surface area contributed by atoms with Crippen molar-refractivity contribution in [1.82, 2.24) is 10.3 Å². The second-order valence-electron chi connectivity index (χ2n) is 3.88. The normalized spacial score (nSPS) is 11.6. The lowest BCUT2D eigenvalue weighted by Crippen LogP contribution is -2.07. The van der Waals surface area contributed by atoms with Crippen LogP contribution in [0.15, 0.2) is 22.8 Å². The molecule has 0 aliphatic heterocycles. The number of nitrogens with zero attached hydrogens (tertiary/aromatic N) is 2. The maximum Gasteiger partial charge on any atom is 0.416 e. The summed E-state index contributed by atoms with van der Waals surface area (Å²) in [6.07, 6.45) is -4.44. The summed E-state index contributed by atoms with van der Waals surface area (Å²) in [7, 11) is 0. The number of anilines is 1. The van der Waals surface area contributed by atoms with E-state index in [9.17, 15) is 13.2 Å². The van der Waals surface area contributed by atoms with Gasteiger partial charge < -0.3 is 5.32 Å². The predicted molar refractivity (Wildman–Crippen MR) is 62.8 cm³/mol. The lowest BCUT2D eigenvalue weighted by molar-refractivity contribution is -0.137. The first-order valence-corrected chi connectivity index (χ1v) is 5.64. The Bertz CT molecular complexity index is 583. The van der Waals surface area contributed by atoms with Gasteiger partial charge in [0.25, 0.3) is 0 Å². The highest BCUT2D eigenvalue weighted by molar-refractivity contribution is 6.30. The van der Waals surface area contributed by atoms with E-state index in [0.717, 1.165) is 12.1 Å². The monoisotopic (exact) mass is 291 g/mol. The van der Waals surface area contributed by atoms with Gasteiger partial charge in [-0.25, -0.2) is 4.63 Å². The molecule has 0 fully saturated rings. The zero-order chi connectivity index (χ0) is 14.0. The van der Waals surface area contributed by atoms with Gasteiger partial charge in [-0.3, -0.25) is 0 Å². The Morgan fingerprint density at radius 1 is 1.26 bits per heavy atom. The van der Waals surface area contributed by atoms with Gasteiger partial charge in [0.05, 0.1) is 12.1 Å². The minimum atomic E-state index is -4.44. The van der Waals surface area contributed by atoms with Crippen molar-refractivity contribution in [2.24, 2.45) is 0 Å². The second kappa shape index (κ2) is 5.08. The zero-order valence-corrected chi connectivity index (χ0v) is 10.5. The molecule has 4 nitrogen and oxygen atoms in total. The molecule has 0 unspecified atom stereocenters. The van der Waals surface area contributed by atoms with Crippen LogP contribution in [0.1, 0.15) is 17.0 Å². The van der Waals surface area contributed by atoms with Crippen LogP contribution in [0.5, 0.6) is 0 Å². The Morgan fingerprint density at radius 2 is 2.00 bits per heavy atom. The molecule has 0 spiro atoms. The molecule has 1 heterocycles. The second-order valence-corrected chi connectivity index (χ2v) is 4.31. The van der Waals surface area contributed by atoms with Gasteiger partial charge in [-0.2, -0.15) is 13.2 Å². The Kier molecular flexibility index (Phi) is 3.66. The average Bonchev–Trinajstić information content (AvgIpc) is 2.70. The fourth-order valence-corrected chi connectivity index (χ4v) is 1.69. The van der Waals surface area contributed by atoms with Crippen LogP contribution in [0.25, 0.3) is 0 Å². The number of aromatic nitrogens is 2. The molecular weight excluding hydrogens is 283 g/mol. The molecule has 2 aromatic rings. The number of benzene rings is 1. The van der Waals surface area contributed by atoms with Gasteiger partial charge in [-0.15, -0.1) is 0 Å². The largest absolute Gasteiger partial charge is 0.416 e. The van der Waals surface area contributed by atoms with Crippen LogP contribution < -0.4 is 5.32 Å². The molecule has 1 aromatic carbocycles. The third-order valence-corrected chi connectivity index (χ3v) is 2.65. The molecule has 0 atom stereocenters. The van der Waals surface area contributed by atoms with Crippen molar-refractivity contribution >= 4 is 17.3 Å². The average molecular weight is 292 g/mol. The van der Waals surface area contributed by atoms with E-state index in [1.165, 1.54) is 6.07 Å². The first-order chi connectivity index (χ1) is 8.86. The number of aryl methyl sites for hydroxylation is 1. The van der Waals surface area contributed by atoms with E-state index in [1.54, 1.807) is 6.92 Å². The van der Waals surface area contributed by atoms with Crippen molar-refractivity contribution in [3.63, 3.8) is 0 Å². The maximum absolute atomic E-state index is 12.6. The van der Waals surface area contributed by atoms with Crippen LogP contribution in [-0.4, -0.2) is 10.3 Å². The van der Waals surface area contributed by atoms with E-state index in [2.05, 4.69) is 20.3 Å². The molecule has 0 saturated carbocycles. The number of rotatable bonds is 3. The highest BCUT2D eigenvalue weighted by Crippen LogP contribution is 2.33. The van der Waals surface area contributed by atoms with E-state index in [0.29, 0.717) is 11.4 Å². The smallest absolute Gasteiger partial charge is 0.379 e. The van der Waals surface area contributed by atoms with Gasteiger partial charge in [0.1, 0.15) is 11.4 Å². The molecule has 0 amide bonds. The summed E-state index contributed by atoms with van der Waals surface area (Å²) >= 11 is 5.66. The van der Waals surface area contributed by atoms with Gasteiger partial charge in [-0.1, -0.05) is 21.9 Å². The fraction of sp³-hybridized carbons (Fsp3) is 0.273. The summed E-state index contributed by atoms with van der Waals surface area (Å²) < 4.78 is 42.3. The van der Waals surface area contributed by atoms with Gasteiger partial charge in [-0.05, 0) is 25.1 Å². The van der Waals surface area contributed by atoms with Crippen molar-refractivity contribution in [3.05, 3.63) is 40.2 Å². The summed E-state index contributed by atoms with van der Waals surface area (Å²) in [5.41, 5.74) is 0.541. The van der Waals surface area contributed by atoms with Crippen LogP contribution in [0.3, 0.4) is 0 Å². The first-order valence-electron chi connectivity index (χ1n) is 5.26. The maximum atomic E-state index is 12.6. The SMILES string of the molecule is Cc1nonc1CNc1cc(Cl)cc(C(F)(F)F)c1. The minimum Gasteiger partial charge on any atom is -0.379 e. The molecule has 19 heavy (non-hydrogen) atoms. The van der Waals surface area contributed by atoms with Gasteiger partial charge in [0.2, 0.25) is 0 Å². The molecule has 102 valence electrons. The number of alkyl halides is 3. The molecule has 0 radical (unpaired) electrons. The highest BCUT2D eigenvalue weighted by Gasteiger charge is 2.31. The lowest BCUT2D eigenvalue weighted by Gasteiger charge is -2.11. The summed E-state index contributed by atoms with van der Waals surface area (Å²) in [4.78, 5) is 0. The molecule has 0 aliphatic carbocycles. The fourth-order valence-electron chi connectivity index (χ4n) is 1.45. The molecule has 8 heteroatoms. The molecule has 1 aromatic heterocycles. The highest BCUT2D eigenvalue weighted by atomic mass is 35.5. The Morgan fingerprint density at radius 3 is 2.58 bits per heavy atom. The Hall–Kier alpha value is -1.76. The van der Waals surface area contributed by atoms with E-state index < -0.39 is 11.7 Å². The van der Waals surface area contributed by atoms with Crippen molar-refractivity contribution in [3.8, 4) is 0 Å². The van der Waals surface area contributed by atoms with E-state index >= 15 is 0 Å². The van der Waals surface area contributed by atoms with E-state index in [4.69, 9.17) is 11.6 Å². The van der Waals surface area contributed by atoms with Crippen molar-refractivity contribution in [2.75, 3.05) is 5.32 Å². The van der Waals surface area contributed by atoms with Crippen LogP contribution in [-0.2, 0) is 12.7 Å². The summed E-state index contributed by atoms with van der Waals surface area (Å²) in [6.45, 7) is 1.89. The number of nitrogens with one attached hydrogen (secondary N) is 1. The van der Waals surface area contributed by atoms with Crippen LogP contribution in [0, 0.1) is 6.92 Å². The standard InChI is InChI=1S/C11H9ClF3N3O/c1-6-10(18-19-17-6)5-16-9-3-7(11(13,14)15)2-8(12)4-9/h2-4,16H,5H2,1H3. The lowest BCUT2D eigenvalue weighted by atomic mass is 10.2. The third kappa shape index (κ3) is 3.37. The van der Waals surface area contributed by atoms with Crippen molar-refractivity contribution in [1.29, 1.82) is 0 Å². The molecular formula is C11H9ClF3N3O. The number of hydrogen-bond donors (Lipinski definition) is 1. The van der Waals surface area contributed by atoms with Crippen LogP contribution in [0.4, 0.5) is 18.9 Å². The van der Waals surface area contributed by atoms with Crippen molar-refractivity contribution in [2.45, 2.75) is 19.6 Å². The topological polar surface area (TPSA) is 51.0 Å². The Labute approximate surface area is 111 Å². The Balaban J connectivity index is 2.17. The van der Waals surface area contributed by atoms with Crippen LogP contribution >= 0.6 is 11.6 Å². The summed E-state index contributed by atoms with van der Waals surface area (Å²) in [5, 5.41) is 9.99. The molecule has 1 N–H and O–H groups in total. The number of hydrogen-bond acceptors (Lipinski definition) is 4. The van der Waals surface area contributed by atoms with E-state index in [-0.39, 0.29) is 17.3 Å². The first kappa shape index (κ1) is 13.7. The summed E-state index contributed by atoms with van der Waals surface area (Å²) in [5.74, 6) is 0. The third-order valence-electron chi connectivity index (χ3n) is 2.43. The quantitative estimate of drug-likeness (QED) is 0.937. The minimum absolute atomic E-state index is 0.00678.